The maximum Gasteiger partial charge on any atom is 0.0126 e. The van der Waals surface area contributed by atoms with Crippen molar-refractivity contribution < 1.29 is 0 Å². The second-order valence-corrected chi connectivity index (χ2v) is 9.17. The van der Waals surface area contributed by atoms with Gasteiger partial charge in [-0.3, -0.25) is 0 Å². The Labute approximate surface area is 131 Å². The molecular weight excluding hydrogens is 254 g/mol. The van der Waals surface area contributed by atoms with Gasteiger partial charge in [-0.2, -0.15) is 0 Å². The van der Waals surface area contributed by atoms with E-state index >= 15 is 0 Å². The zero-order valence-electron chi connectivity index (χ0n) is 14.1. The topological polar surface area (TPSA) is 12.0 Å². The SMILES string of the molecule is CCCNC(CC1CCCC1)C12CC3CC(CC(C3)C1)C2. The normalized spacial score (nSPS) is 43.6. The van der Waals surface area contributed by atoms with Gasteiger partial charge < -0.3 is 5.32 Å². The van der Waals surface area contributed by atoms with Crippen LogP contribution in [0, 0.1) is 29.1 Å². The minimum atomic E-state index is 0.715. The van der Waals surface area contributed by atoms with E-state index in [1.54, 1.807) is 38.5 Å². The Kier molecular flexibility index (Phi) is 4.07. The van der Waals surface area contributed by atoms with Crippen molar-refractivity contribution in [1.82, 2.24) is 5.32 Å². The van der Waals surface area contributed by atoms with Gasteiger partial charge in [0.25, 0.3) is 0 Å². The molecule has 120 valence electrons. The predicted octanol–water partition coefficient (Wildman–Crippen LogP) is 5.15. The lowest BCUT2D eigenvalue weighted by Crippen LogP contribution is -2.56. The molecule has 0 saturated heterocycles. The Balaban J connectivity index is 1.50. The Morgan fingerprint density at radius 1 is 0.952 bits per heavy atom. The minimum Gasteiger partial charge on any atom is -0.313 e. The van der Waals surface area contributed by atoms with Crippen molar-refractivity contribution in [1.29, 1.82) is 0 Å². The largest absolute Gasteiger partial charge is 0.313 e. The molecule has 5 saturated carbocycles. The van der Waals surface area contributed by atoms with Crippen LogP contribution in [0.2, 0.25) is 0 Å². The van der Waals surface area contributed by atoms with Crippen LogP contribution in [0.15, 0.2) is 0 Å². The van der Waals surface area contributed by atoms with Gasteiger partial charge in [0, 0.05) is 6.04 Å². The standard InChI is InChI=1S/C20H35N/c1-2-7-21-19(11-15-5-3-4-6-15)20-12-16-8-17(13-20)10-18(9-16)14-20/h15-19,21H,2-14H2,1H3. The van der Waals surface area contributed by atoms with Gasteiger partial charge in [-0.1, -0.05) is 32.6 Å². The first-order chi connectivity index (χ1) is 10.3. The molecule has 5 aliphatic carbocycles. The van der Waals surface area contributed by atoms with Crippen LogP contribution >= 0.6 is 0 Å². The van der Waals surface area contributed by atoms with E-state index in [0.29, 0.717) is 5.41 Å². The highest BCUT2D eigenvalue weighted by Crippen LogP contribution is 2.62. The molecule has 0 radical (unpaired) electrons. The van der Waals surface area contributed by atoms with Crippen molar-refractivity contribution >= 4 is 0 Å². The van der Waals surface area contributed by atoms with Crippen molar-refractivity contribution in [3.63, 3.8) is 0 Å². The third-order valence-electron chi connectivity index (χ3n) is 7.51. The molecule has 1 atom stereocenters. The van der Waals surface area contributed by atoms with Gasteiger partial charge in [0.15, 0.2) is 0 Å². The van der Waals surface area contributed by atoms with Gasteiger partial charge in [0.1, 0.15) is 0 Å². The molecule has 5 rings (SSSR count). The number of hydrogen-bond acceptors (Lipinski definition) is 1. The van der Waals surface area contributed by atoms with Crippen LogP contribution < -0.4 is 5.32 Å². The van der Waals surface area contributed by atoms with Gasteiger partial charge >= 0.3 is 0 Å². The minimum absolute atomic E-state index is 0.715. The molecule has 0 aromatic heterocycles. The first-order valence-corrected chi connectivity index (χ1v) is 10.0. The second kappa shape index (κ2) is 5.87. The van der Waals surface area contributed by atoms with Crippen LogP contribution in [0.3, 0.4) is 0 Å². The number of nitrogens with one attached hydrogen (secondary N) is 1. The maximum absolute atomic E-state index is 4.05. The summed E-state index contributed by atoms with van der Waals surface area (Å²) in [6.07, 6.45) is 18.4. The monoisotopic (exact) mass is 289 g/mol. The Hall–Kier alpha value is -0.0400. The molecule has 0 amide bonds. The van der Waals surface area contributed by atoms with Gasteiger partial charge in [0.05, 0.1) is 0 Å². The summed E-state index contributed by atoms with van der Waals surface area (Å²) in [5, 5.41) is 4.05. The molecule has 0 spiro atoms. The highest BCUT2D eigenvalue weighted by molar-refractivity contribution is 5.06. The van der Waals surface area contributed by atoms with E-state index in [0.717, 1.165) is 29.7 Å². The molecule has 0 aromatic rings. The Bertz CT molecular complexity index is 320. The van der Waals surface area contributed by atoms with Crippen molar-refractivity contribution in [3.8, 4) is 0 Å². The molecule has 0 heterocycles. The van der Waals surface area contributed by atoms with Crippen molar-refractivity contribution in [2.75, 3.05) is 6.54 Å². The zero-order chi connectivity index (χ0) is 14.3. The highest BCUT2D eigenvalue weighted by atomic mass is 14.9. The van der Waals surface area contributed by atoms with E-state index < -0.39 is 0 Å². The molecular formula is C20H35N. The molecule has 5 aliphatic rings. The zero-order valence-corrected chi connectivity index (χ0v) is 14.1. The van der Waals surface area contributed by atoms with E-state index in [4.69, 9.17) is 0 Å². The summed E-state index contributed by atoms with van der Waals surface area (Å²) < 4.78 is 0. The predicted molar refractivity (Wildman–Crippen MR) is 89.3 cm³/mol. The van der Waals surface area contributed by atoms with E-state index in [1.165, 1.54) is 45.1 Å². The molecule has 4 bridgehead atoms. The summed E-state index contributed by atoms with van der Waals surface area (Å²) in [4.78, 5) is 0. The fraction of sp³-hybridized carbons (Fsp3) is 1.00. The first kappa shape index (κ1) is 14.5. The average molecular weight is 290 g/mol. The summed E-state index contributed by atoms with van der Waals surface area (Å²) in [5.74, 6) is 4.36. The van der Waals surface area contributed by atoms with E-state index in [-0.39, 0.29) is 0 Å². The Morgan fingerprint density at radius 2 is 1.52 bits per heavy atom. The average Bonchev–Trinajstić information content (AvgIpc) is 2.94. The lowest BCUT2D eigenvalue weighted by atomic mass is 9.47. The van der Waals surface area contributed by atoms with E-state index in [2.05, 4.69) is 12.2 Å². The summed E-state index contributed by atoms with van der Waals surface area (Å²) in [6, 6.07) is 0.856. The molecule has 1 nitrogen and oxygen atoms in total. The molecule has 1 unspecified atom stereocenters. The van der Waals surface area contributed by atoms with Crippen LogP contribution in [0.1, 0.15) is 84.0 Å². The third-order valence-corrected chi connectivity index (χ3v) is 7.51. The van der Waals surface area contributed by atoms with Crippen molar-refractivity contribution in [2.45, 2.75) is 90.0 Å². The molecule has 1 N–H and O–H groups in total. The van der Waals surface area contributed by atoms with Gasteiger partial charge in [-0.15, -0.1) is 0 Å². The summed E-state index contributed by atoms with van der Waals surface area (Å²) in [7, 11) is 0. The summed E-state index contributed by atoms with van der Waals surface area (Å²) in [6.45, 7) is 3.58. The Morgan fingerprint density at radius 3 is 2.05 bits per heavy atom. The summed E-state index contributed by atoms with van der Waals surface area (Å²) in [5.41, 5.74) is 0.715. The van der Waals surface area contributed by atoms with Crippen LogP contribution in [-0.4, -0.2) is 12.6 Å². The fourth-order valence-electron chi connectivity index (χ4n) is 7.05. The number of rotatable bonds is 6. The van der Waals surface area contributed by atoms with E-state index in [1.807, 2.05) is 0 Å². The lowest BCUT2D eigenvalue weighted by molar-refractivity contribution is -0.0775. The maximum atomic E-state index is 4.05. The van der Waals surface area contributed by atoms with E-state index in [9.17, 15) is 0 Å². The molecule has 0 aromatic carbocycles. The van der Waals surface area contributed by atoms with Crippen LogP contribution in [0.4, 0.5) is 0 Å². The number of hydrogen-bond donors (Lipinski definition) is 1. The first-order valence-electron chi connectivity index (χ1n) is 10.0. The van der Waals surface area contributed by atoms with Crippen LogP contribution in [-0.2, 0) is 0 Å². The molecule has 21 heavy (non-hydrogen) atoms. The quantitative estimate of drug-likeness (QED) is 0.713. The molecule has 0 aliphatic heterocycles. The lowest BCUT2D eigenvalue weighted by Gasteiger charge is -2.60. The van der Waals surface area contributed by atoms with Crippen molar-refractivity contribution in [2.24, 2.45) is 29.1 Å². The highest BCUT2D eigenvalue weighted by Gasteiger charge is 2.54. The molecule has 1 heteroatoms. The van der Waals surface area contributed by atoms with Crippen LogP contribution in [0.5, 0.6) is 0 Å². The van der Waals surface area contributed by atoms with Crippen molar-refractivity contribution in [3.05, 3.63) is 0 Å². The van der Waals surface area contributed by atoms with Gasteiger partial charge in [-0.25, -0.2) is 0 Å². The summed E-state index contributed by atoms with van der Waals surface area (Å²) >= 11 is 0. The smallest absolute Gasteiger partial charge is 0.0126 e. The second-order valence-electron chi connectivity index (χ2n) is 9.17. The fourth-order valence-corrected chi connectivity index (χ4v) is 7.05. The molecule has 5 fully saturated rings. The van der Waals surface area contributed by atoms with Gasteiger partial charge in [0.2, 0.25) is 0 Å². The van der Waals surface area contributed by atoms with Crippen LogP contribution in [0.25, 0.3) is 0 Å². The van der Waals surface area contributed by atoms with Gasteiger partial charge in [-0.05, 0) is 87.0 Å². The third kappa shape index (κ3) is 2.80.